The molecule has 0 spiro atoms. The summed E-state index contributed by atoms with van der Waals surface area (Å²) in [4.78, 5) is 0. The van der Waals surface area contributed by atoms with Crippen molar-refractivity contribution < 1.29 is 0 Å². The van der Waals surface area contributed by atoms with E-state index in [1.807, 2.05) is 0 Å². The summed E-state index contributed by atoms with van der Waals surface area (Å²) in [7, 11) is 0. The summed E-state index contributed by atoms with van der Waals surface area (Å²) in [6.07, 6.45) is 0. The van der Waals surface area contributed by atoms with E-state index in [0.29, 0.717) is 0 Å². The highest BCUT2D eigenvalue weighted by atomic mass is 79.9. The fourth-order valence-corrected chi connectivity index (χ4v) is 18.5. The Labute approximate surface area is 623 Å². The standard InChI is InChI=1S/C56H42N2.C26H16Br2N2.C16H16/c1-55(2)47-21-13-11-19-41(47)43-27-23-35(31-49(43)55)37-25-29-45-51(33-37)57(39-15-7-5-8-16-39)54-46-30-26-38(34-52(46)58(53(45)54)40-17-9-6-10-18-40)36-24-28-44-42-20-12-14-22-48(42)56(3,4)50(44)32-36;27-17-11-13-21-23(15-17)29(19-7-3-1-4-8-19)25-22-14-12-18(28)16-24(22)30(26(21)25)20-9-5-2-6-10-20;1-11-8-9-13-12-6-4-5-7-14(12)16(2,3)15(13)10-11/h5-34H,1-4H3;1-16H;4-10H,1-3H3. The van der Waals surface area contributed by atoms with Gasteiger partial charge in [0.05, 0.1) is 44.1 Å². The normalized spacial score (nSPS) is 13.9. The van der Waals surface area contributed by atoms with Crippen LogP contribution in [-0.2, 0) is 16.2 Å². The van der Waals surface area contributed by atoms with Crippen molar-refractivity contribution in [3.8, 4) is 78.4 Å². The van der Waals surface area contributed by atoms with Gasteiger partial charge in [-0.1, -0.05) is 291 Å². The van der Waals surface area contributed by atoms with Gasteiger partial charge in [0.25, 0.3) is 0 Å². The van der Waals surface area contributed by atoms with E-state index in [1.165, 1.54) is 160 Å². The third-order valence-corrected chi connectivity index (χ3v) is 23.9. The fraction of sp³-hybridized carbons (Fsp3) is 0.102. The monoisotopic (exact) mass is 1460 g/mol. The molecule has 0 amide bonds. The number of hydrogen-bond donors (Lipinski definition) is 0. The van der Waals surface area contributed by atoms with Crippen LogP contribution in [-0.4, -0.2) is 18.3 Å². The molecule has 0 radical (unpaired) electrons. The number of benzene rings is 14. The van der Waals surface area contributed by atoms with Crippen LogP contribution >= 0.6 is 31.9 Å². The molecule has 21 rings (SSSR count). The molecule has 0 saturated carbocycles. The van der Waals surface area contributed by atoms with Crippen LogP contribution in [0.15, 0.2) is 330 Å². The minimum Gasteiger partial charge on any atom is -0.307 e. The van der Waals surface area contributed by atoms with Crippen molar-refractivity contribution in [2.45, 2.75) is 64.7 Å². The highest BCUT2D eigenvalue weighted by Gasteiger charge is 2.38. The molecule has 3 aliphatic carbocycles. The summed E-state index contributed by atoms with van der Waals surface area (Å²) < 4.78 is 11.9. The molecular formula is C98H74Br2N4. The van der Waals surface area contributed by atoms with Gasteiger partial charge in [-0.3, -0.25) is 0 Å². The van der Waals surface area contributed by atoms with E-state index in [1.54, 1.807) is 0 Å². The second kappa shape index (κ2) is 24.2. The average molecular weight is 1470 g/mol. The molecule has 18 aromatic rings. The Morgan fingerprint density at radius 1 is 0.221 bits per heavy atom. The maximum atomic E-state index is 3.68. The van der Waals surface area contributed by atoms with Crippen molar-refractivity contribution >= 4 is 97.5 Å². The number of halogens is 2. The van der Waals surface area contributed by atoms with Gasteiger partial charge in [-0.05, 0) is 205 Å². The van der Waals surface area contributed by atoms with E-state index in [4.69, 9.17) is 0 Å². The Hall–Kier alpha value is -11.3. The minimum absolute atomic E-state index is 0.0583. The van der Waals surface area contributed by atoms with Gasteiger partial charge in [0.1, 0.15) is 0 Å². The highest BCUT2D eigenvalue weighted by molar-refractivity contribution is 9.10. The molecule has 500 valence electrons. The van der Waals surface area contributed by atoms with Crippen molar-refractivity contribution in [2.24, 2.45) is 0 Å². The molecule has 0 bridgehead atoms. The highest BCUT2D eigenvalue weighted by Crippen LogP contribution is 2.54. The van der Waals surface area contributed by atoms with Gasteiger partial charge in [-0.2, -0.15) is 0 Å². The van der Waals surface area contributed by atoms with Crippen molar-refractivity contribution in [2.75, 3.05) is 0 Å². The van der Waals surface area contributed by atoms with Gasteiger partial charge in [0.2, 0.25) is 0 Å². The lowest BCUT2D eigenvalue weighted by Gasteiger charge is -2.22. The molecule has 0 N–H and O–H groups in total. The van der Waals surface area contributed by atoms with Gasteiger partial charge in [-0.25, -0.2) is 0 Å². The van der Waals surface area contributed by atoms with Gasteiger partial charge < -0.3 is 18.3 Å². The summed E-state index contributed by atoms with van der Waals surface area (Å²) in [5.74, 6) is 0. The quantitative estimate of drug-likeness (QED) is 0.158. The Balaban J connectivity index is 0.000000133. The van der Waals surface area contributed by atoms with Gasteiger partial charge in [-0.15, -0.1) is 0 Å². The van der Waals surface area contributed by atoms with Crippen LogP contribution in [0.1, 0.15) is 80.5 Å². The molecule has 4 aromatic heterocycles. The predicted molar refractivity (Wildman–Crippen MR) is 445 cm³/mol. The largest absolute Gasteiger partial charge is 0.307 e. The SMILES string of the molecule is Brc1ccc2c(c1)n(-c1ccccc1)c1c3ccc(Br)cc3n(-c3ccccc3)c21.CC1(C)c2ccccc2-c2ccc(-c3ccc4c(c3)n(-c3ccccc3)c3c5ccc(-c6ccc7c(c6)C(C)(C)c6ccccc6-7)cc5n(-c5ccccc5)c43)cc21.Cc1ccc2c(c1)C(C)(C)c1ccccc1-2. The van der Waals surface area contributed by atoms with Gasteiger partial charge >= 0.3 is 0 Å². The lowest BCUT2D eigenvalue weighted by Crippen LogP contribution is -2.14. The zero-order chi connectivity index (χ0) is 70.5. The lowest BCUT2D eigenvalue weighted by molar-refractivity contribution is 0.660. The maximum Gasteiger partial charge on any atom is 0.0803 e. The Morgan fingerprint density at radius 3 is 0.808 bits per heavy atom. The third-order valence-electron chi connectivity index (χ3n) is 22.9. The van der Waals surface area contributed by atoms with Crippen molar-refractivity contribution in [3.63, 3.8) is 0 Å². The maximum absolute atomic E-state index is 3.68. The average Bonchev–Trinajstić information content (AvgIpc) is 1.54. The summed E-state index contributed by atoms with van der Waals surface area (Å²) in [5.41, 5.74) is 37.3. The van der Waals surface area contributed by atoms with E-state index < -0.39 is 0 Å². The predicted octanol–water partition coefficient (Wildman–Crippen LogP) is 27.2. The van der Waals surface area contributed by atoms with Crippen LogP contribution in [0, 0.1) is 6.92 Å². The van der Waals surface area contributed by atoms with E-state index in [9.17, 15) is 0 Å². The zero-order valence-electron chi connectivity index (χ0n) is 59.1. The van der Waals surface area contributed by atoms with Crippen LogP contribution in [0.4, 0.5) is 0 Å². The third kappa shape index (κ3) is 9.82. The lowest BCUT2D eigenvalue weighted by atomic mass is 9.81. The Kier molecular flexibility index (Phi) is 14.8. The first kappa shape index (κ1) is 63.6. The first-order valence-electron chi connectivity index (χ1n) is 36.1. The molecule has 0 aliphatic heterocycles. The minimum atomic E-state index is -0.0583. The first-order chi connectivity index (χ1) is 50.6. The van der Waals surface area contributed by atoms with Crippen LogP contribution in [0.5, 0.6) is 0 Å². The molecule has 0 saturated heterocycles. The molecular weight excluding hydrogens is 1390 g/mol. The van der Waals surface area contributed by atoms with Crippen LogP contribution in [0.3, 0.4) is 0 Å². The molecule has 6 heteroatoms. The number of para-hydroxylation sites is 4. The zero-order valence-corrected chi connectivity index (χ0v) is 62.3. The number of hydrogen-bond acceptors (Lipinski definition) is 0. The molecule has 0 atom stereocenters. The topological polar surface area (TPSA) is 19.7 Å². The molecule has 4 heterocycles. The van der Waals surface area contributed by atoms with Crippen LogP contribution in [0.2, 0.25) is 0 Å². The second-order valence-electron chi connectivity index (χ2n) is 29.9. The summed E-state index contributed by atoms with van der Waals surface area (Å²) in [6, 6.07) is 118. The molecule has 0 unspecified atom stereocenters. The van der Waals surface area contributed by atoms with E-state index in [2.05, 4.69) is 420 Å². The molecule has 14 aromatic carbocycles. The second-order valence-corrected chi connectivity index (χ2v) is 31.8. The number of fused-ring (bicyclic) bond motifs is 19. The molecule has 3 aliphatic rings. The van der Waals surface area contributed by atoms with Crippen molar-refractivity contribution in [3.05, 3.63) is 369 Å². The number of aromatic nitrogens is 4. The first-order valence-corrected chi connectivity index (χ1v) is 37.7. The van der Waals surface area contributed by atoms with Crippen LogP contribution < -0.4 is 0 Å². The summed E-state index contributed by atoms with van der Waals surface area (Å²) in [6.45, 7) is 16.2. The van der Waals surface area contributed by atoms with Gasteiger partial charge in [0, 0.05) is 69.5 Å². The van der Waals surface area contributed by atoms with E-state index in [-0.39, 0.29) is 16.2 Å². The molecule has 4 nitrogen and oxygen atoms in total. The van der Waals surface area contributed by atoms with E-state index in [0.717, 1.165) is 31.7 Å². The van der Waals surface area contributed by atoms with Crippen molar-refractivity contribution in [1.82, 2.24) is 18.3 Å². The Morgan fingerprint density at radius 2 is 0.471 bits per heavy atom. The van der Waals surface area contributed by atoms with Crippen LogP contribution in [0.25, 0.3) is 144 Å². The Bertz CT molecular complexity index is 6170. The number of nitrogens with zero attached hydrogens (tertiary/aromatic N) is 4. The van der Waals surface area contributed by atoms with Gasteiger partial charge in [0.15, 0.2) is 0 Å². The fourth-order valence-electron chi connectivity index (χ4n) is 17.8. The van der Waals surface area contributed by atoms with Crippen molar-refractivity contribution in [1.29, 1.82) is 0 Å². The summed E-state index contributed by atoms with van der Waals surface area (Å²) >= 11 is 7.36. The smallest absolute Gasteiger partial charge is 0.0803 e. The molecule has 104 heavy (non-hydrogen) atoms. The van der Waals surface area contributed by atoms with E-state index >= 15 is 0 Å². The number of aryl methyl sites for hydroxylation is 1. The molecule has 0 fully saturated rings. The summed E-state index contributed by atoms with van der Waals surface area (Å²) in [5, 5.41) is 4.92. The number of rotatable bonds is 6.